The first-order valence-corrected chi connectivity index (χ1v) is 7.87. The van der Waals surface area contributed by atoms with Crippen LogP contribution in [0.5, 0.6) is 17.2 Å². The topological polar surface area (TPSA) is 70.8 Å². The van der Waals surface area contributed by atoms with Gasteiger partial charge in [0.05, 0.1) is 37.1 Å². The highest BCUT2D eigenvalue weighted by Crippen LogP contribution is 2.30. The predicted octanol–water partition coefficient (Wildman–Crippen LogP) is 3.91. The van der Waals surface area contributed by atoms with E-state index in [-0.39, 0.29) is 5.78 Å². The van der Waals surface area contributed by atoms with E-state index in [1.165, 1.54) is 7.11 Å². The maximum absolute atomic E-state index is 12.7. The Balaban J connectivity index is 2.39. The second kappa shape index (κ2) is 7.88. The largest absolute Gasteiger partial charge is 0.497 e. The highest BCUT2D eigenvalue weighted by molar-refractivity contribution is 9.12. The molecule has 0 fully saturated rings. The molecule has 0 aliphatic rings. The van der Waals surface area contributed by atoms with Crippen LogP contribution in [-0.4, -0.2) is 27.1 Å². The number of Topliss-reactive ketones (excluding diaryl/α,β-unsaturated/α-hetero) is 1. The molecular formula is C18H18BrNO4. The summed E-state index contributed by atoms with van der Waals surface area (Å²) in [6, 6.07) is 10.3. The molecule has 0 amide bonds. The van der Waals surface area contributed by atoms with Crippen LogP contribution in [0.1, 0.15) is 15.9 Å². The minimum atomic E-state index is -0.221. The minimum absolute atomic E-state index is 0.221. The van der Waals surface area contributed by atoms with Crippen molar-refractivity contribution < 1.29 is 19.0 Å². The van der Waals surface area contributed by atoms with E-state index in [1.54, 1.807) is 56.7 Å². The third-order valence-electron chi connectivity index (χ3n) is 3.42. The fourth-order valence-electron chi connectivity index (χ4n) is 2.15. The average molecular weight is 392 g/mol. The van der Waals surface area contributed by atoms with Gasteiger partial charge in [-0.1, -0.05) is 6.07 Å². The maximum Gasteiger partial charge on any atom is 0.203 e. The Morgan fingerprint density at radius 3 is 2.33 bits per heavy atom. The van der Waals surface area contributed by atoms with Crippen LogP contribution in [-0.2, 0) is 0 Å². The Morgan fingerprint density at radius 1 is 1.00 bits per heavy atom. The lowest BCUT2D eigenvalue weighted by Gasteiger charge is -2.10. The normalized spacial score (nSPS) is 11.1. The molecule has 24 heavy (non-hydrogen) atoms. The summed E-state index contributed by atoms with van der Waals surface area (Å²) in [6.45, 7) is 0. The van der Waals surface area contributed by atoms with Crippen LogP contribution < -0.4 is 19.9 Å². The molecule has 126 valence electrons. The third-order valence-corrected chi connectivity index (χ3v) is 4.01. The van der Waals surface area contributed by atoms with Crippen molar-refractivity contribution >= 4 is 33.5 Å². The second-order valence-corrected chi connectivity index (χ2v) is 5.74. The lowest BCUT2D eigenvalue weighted by molar-refractivity contribution is 0.104. The number of nitrogen functional groups attached to an aromatic ring is 1. The number of hydrogen-bond acceptors (Lipinski definition) is 5. The van der Waals surface area contributed by atoms with Gasteiger partial charge in [0.15, 0.2) is 0 Å². The Bertz CT molecular complexity index is 787. The summed E-state index contributed by atoms with van der Waals surface area (Å²) in [5.41, 5.74) is 7.52. The molecule has 0 aliphatic heterocycles. The first kappa shape index (κ1) is 17.9. The molecule has 0 heterocycles. The first-order chi connectivity index (χ1) is 11.5. The van der Waals surface area contributed by atoms with Crippen LogP contribution >= 0.6 is 15.9 Å². The van der Waals surface area contributed by atoms with Crippen molar-refractivity contribution in [1.82, 2.24) is 0 Å². The molecule has 0 saturated heterocycles. The molecule has 2 aromatic carbocycles. The van der Waals surface area contributed by atoms with Gasteiger partial charge in [0.1, 0.15) is 17.2 Å². The fourth-order valence-corrected chi connectivity index (χ4v) is 2.63. The van der Waals surface area contributed by atoms with Crippen molar-refractivity contribution in [3.63, 3.8) is 0 Å². The maximum atomic E-state index is 12.7. The Kier molecular flexibility index (Phi) is 5.87. The van der Waals surface area contributed by atoms with Crippen molar-refractivity contribution in [3.8, 4) is 17.2 Å². The number of nitrogens with two attached hydrogens (primary N) is 1. The lowest BCUT2D eigenvalue weighted by Crippen LogP contribution is -2.03. The highest BCUT2D eigenvalue weighted by Gasteiger charge is 2.16. The molecule has 0 atom stereocenters. The van der Waals surface area contributed by atoms with E-state index < -0.39 is 0 Å². The Labute approximate surface area is 149 Å². The summed E-state index contributed by atoms with van der Waals surface area (Å²) in [5.74, 6) is 1.38. The molecule has 2 N–H and O–H groups in total. The van der Waals surface area contributed by atoms with E-state index in [9.17, 15) is 4.79 Å². The fraction of sp³-hybridized carbons (Fsp3) is 0.167. The molecule has 0 unspecified atom stereocenters. The van der Waals surface area contributed by atoms with Gasteiger partial charge < -0.3 is 19.9 Å². The summed E-state index contributed by atoms with van der Waals surface area (Å²) in [4.78, 5) is 12.7. The van der Waals surface area contributed by atoms with Crippen LogP contribution in [0.15, 0.2) is 40.9 Å². The molecule has 0 bridgehead atoms. The van der Waals surface area contributed by atoms with Crippen molar-refractivity contribution in [2.45, 2.75) is 0 Å². The molecule has 5 nitrogen and oxygen atoms in total. The molecule has 6 heteroatoms. The van der Waals surface area contributed by atoms with Gasteiger partial charge in [-0.05, 0) is 57.9 Å². The van der Waals surface area contributed by atoms with E-state index in [1.807, 2.05) is 0 Å². The molecule has 0 radical (unpaired) electrons. The molecule has 2 aromatic rings. The van der Waals surface area contributed by atoms with Crippen LogP contribution in [0.2, 0.25) is 0 Å². The van der Waals surface area contributed by atoms with E-state index in [4.69, 9.17) is 19.9 Å². The summed E-state index contributed by atoms with van der Waals surface area (Å²) < 4.78 is 16.0. The zero-order valence-corrected chi connectivity index (χ0v) is 15.2. The number of hydrogen-bond donors (Lipinski definition) is 1. The van der Waals surface area contributed by atoms with E-state index in [2.05, 4.69) is 15.9 Å². The Hall–Kier alpha value is -2.47. The number of methoxy groups -OCH3 is 3. The number of anilines is 1. The number of ketones is 1. The average Bonchev–Trinajstić information content (AvgIpc) is 2.61. The van der Waals surface area contributed by atoms with Gasteiger partial charge in [-0.15, -0.1) is 0 Å². The summed E-state index contributed by atoms with van der Waals surface area (Å²) in [6.07, 6.45) is 1.70. The summed E-state index contributed by atoms with van der Waals surface area (Å²) >= 11 is 3.33. The number of halogens is 1. The third kappa shape index (κ3) is 3.89. The minimum Gasteiger partial charge on any atom is -0.497 e. The van der Waals surface area contributed by atoms with Gasteiger partial charge in [-0.25, -0.2) is 0 Å². The number of carbonyl (C=O) groups excluding carboxylic acids is 1. The van der Waals surface area contributed by atoms with Crippen LogP contribution in [0.3, 0.4) is 0 Å². The predicted molar refractivity (Wildman–Crippen MR) is 98.2 cm³/mol. The van der Waals surface area contributed by atoms with E-state index >= 15 is 0 Å². The van der Waals surface area contributed by atoms with Crippen molar-refractivity contribution in [3.05, 3.63) is 52.0 Å². The highest BCUT2D eigenvalue weighted by atomic mass is 79.9. The zero-order chi connectivity index (χ0) is 17.7. The molecule has 2 rings (SSSR count). The van der Waals surface area contributed by atoms with Crippen LogP contribution in [0.4, 0.5) is 5.69 Å². The summed E-state index contributed by atoms with van der Waals surface area (Å²) in [7, 11) is 4.60. The van der Waals surface area contributed by atoms with Gasteiger partial charge in [-0.2, -0.15) is 0 Å². The van der Waals surface area contributed by atoms with Crippen LogP contribution in [0, 0.1) is 0 Å². The Morgan fingerprint density at radius 2 is 1.71 bits per heavy atom. The standard InChI is InChI=1S/C18H18BrNO4/c1-22-12-5-7-16(23-2)13(10-12)18(21)14(19)8-11-4-6-15(20)17(9-11)24-3/h4-10H,20H2,1-3H3. The van der Waals surface area contributed by atoms with Gasteiger partial charge in [0.25, 0.3) is 0 Å². The number of rotatable bonds is 6. The summed E-state index contributed by atoms with van der Waals surface area (Å²) in [5, 5.41) is 0. The number of allylic oxidation sites excluding steroid dienone is 1. The molecule has 0 saturated carbocycles. The van der Waals surface area contributed by atoms with E-state index in [0.29, 0.717) is 33.0 Å². The van der Waals surface area contributed by atoms with Gasteiger partial charge in [0.2, 0.25) is 5.78 Å². The van der Waals surface area contributed by atoms with Gasteiger partial charge >= 0.3 is 0 Å². The smallest absolute Gasteiger partial charge is 0.203 e. The zero-order valence-electron chi connectivity index (χ0n) is 13.6. The number of ether oxygens (including phenoxy) is 3. The molecular weight excluding hydrogens is 374 g/mol. The number of carbonyl (C=O) groups is 1. The van der Waals surface area contributed by atoms with Crippen LogP contribution in [0.25, 0.3) is 6.08 Å². The molecule has 0 aliphatic carbocycles. The molecule has 0 spiro atoms. The lowest BCUT2D eigenvalue weighted by atomic mass is 10.1. The van der Waals surface area contributed by atoms with Crippen molar-refractivity contribution in [2.75, 3.05) is 27.1 Å². The number of benzene rings is 2. The first-order valence-electron chi connectivity index (χ1n) is 7.07. The van der Waals surface area contributed by atoms with Gasteiger partial charge in [0, 0.05) is 0 Å². The van der Waals surface area contributed by atoms with Gasteiger partial charge in [-0.3, -0.25) is 4.79 Å². The SMILES string of the molecule is COc1ccc(OC)c(C(=O)C(Br)=Cc2ccc(N)c(OC)c2)c1. The second-order valence-electron chi connectivity index (χ2n) is 4.89. The molecule has 0 aromatic heterocycles. The van der Waals surface area contributed by atoms with E-state index in [0.717, 1.165) is 5.56 Å². The van der Waals surface area contributed by atoms with Crippen molar-refractivity contribution in [1.29, 1.82) is 0 Å². The van der Waals surface area contributed by atoms with Crippen molar-refractivity contribution in [2.24, 2.45) is 0 Å². The monoisotopic (exact) mass is 391 g/mol. The quantitative estimate of drug-likeness (QED) is 0.459.